The van der Waals surface area contributed by atoms with Crippen LogP contribution in [0, 0.1) is 0 Å². The van der Waals surface area contributed by atoms with E-state index in [1.807, 2.05) is 51.1 Å². The van der Waals surface area contributed by atoms with Gasteiger partial charge in [-0.15, -0.1) is 0 Å². The van der Waals surface area contributed by atoms with Gasteiger partial charge in [0.1, 0.15) is 12.2 Å². The van der Waals surface area contributed by atoms with E-state index in [0.717, 1.165) is 18.7 Å². The Morgan fingerprint density at radius 2 is 1.81 bits per heavy atom. The van der Waals surface area contributed by atoms with E-state index in [4.69, 9.17) is 10.5 Å². The van der Waals surface area contributed by atoms with Gasteiger partial charge in [0.25, 0.3) is 12.4 Å². The molecular weight excluding hydrogens is 350 g/mol. The third-order valence-corrected chi connectivity index (χ3v) is 3.57. The molecule has 8 nitrogen and oxygen atoms in total. The highest BCUT2D eigenvalue weighted by atomic mass is 16.5. The lowest BCUT2D eigenvalue weighted by atomic mass is 10.2. The number of piperazine rings is 1. The van der Waals surface area contributed by atoms with Gasteiger partial charge < -0.3 is 25.4 Å². The number of hydrogen-bond acceptors (Lipinski definition) is 7. The van der Waals surface area contributed by atoms with Gasteiger partial charge in [-0.25, -0.2) is 4.79 Å². The van der Waals surface area contributed by atoms with Crippen molar-refractivity contribution in [2.24, 2.45) is 5.73 Å². The summed E-state index contributed by atoms with van der Waals surface area (Å²) < 4.78 is 9.62. The van der Waals surface area contributed by atoms with Crippen LogP contribution in [0.3, 0.4) is 0 Å². The Kier molecular flexibility index (Phi) is 9.46. The van der Waals surface area contributed by atoms with Gasteiger partial charge in [-0.1, -0.05) is 30.3 Å². The topological polar surface area (TPSA) is 111 Å². The van der Waals surface area contributed by atoms with Crippen molar-refractivity contribution in [2.75, 3.05) is 26.2 Å². The molecule has 1 saturated heterocycles. The second-order valence-corrected chi connectivity index (χ2v) is 6.97. The van der Waals surface area contributed by atoms with Crippen molar-refractivity contribution in [3.63, 3.8) is 0 Å². The fourth-order valence-electron chi connectivity index (χ4n) is 2.15. The summed E-state index contributed by atoms with van der Waals surface area (Å²) in [6.07, 6.45) is 0. The van der Waals surface area contributed by atoms with Gasteiger partial charge in [-0.05, 0) is 26.3 Å². The minimum atomic E-state index is -1.24. The molecule has 0 radical (unpaired) electrons. The molecule has 0 spiro atoms. The molecule has 0 aromatic heterocycles. The Balaban J connectivity index is 0.000000445. The third kappa shape index (κ3) is 9.16. The summed E-state index contributed by atoms with van der Waals surface area (Å²) in [6, 6.07) is 8.04. The van der Waals surface area contributed by atoms with E-state index in [2.05, 4.69) is 10.1 Å². The van der Waals surface area contributed by atoms with Crippen LogP contribution in [-0.2, 0) is 30.5 Å². The van der Waals surface area contributed by atoms with Gasteiger partial charge >= 0.3 is 5.97 Å². The van der Waals surface area contributed by atoms with E-state index in [1.165, 1.54) is 0 Å². The monoisotopic (exact) mass is 379 g/mol. The molecule has 1 fully saturated rings. The highest BCUT2D eigenvalue weighted by Crippen LogP contribution is 2.04. The Labute approximate surface area is 160 Å². The summed E-state index contributed by atoms with van der Waals surface area (Å²) in [5, 5.41) is 3.13. The van der Waals surface area contributed by atoms with Crippen molar-refractivity contribution in [2.45, 2.75) is 39.0 Å². The van der Waals surface area contributed by atoms with Crippen molar-refractivity contribution >= 4 is 18.3 Å². The van der Waals surface area contributed by atoms with Crippen LogP contribution in [0.15, 0.2) is 30.3 Å². The average Bonchev–Trinajstić information content (AvgIpc) is 2.66. The van der Waals surface area contributed by atoms with E-state index < -0.39 is 12.0 Å². The molecule has 0 aliphatic carbocycles. The van der Waals surface area contributed by atoms with E-state index in [9.17, 15) is 14.4 Å². The number of carbonyl (C=O) groups is 3. The number of carbonyl (C=O) groups excluding carboxylic acids is 3. The maximum absolute atomic E-state index is 12.0. The van der Waals surface area contributed by atoms with Gasteiger partial charge in [-0.2, -0.15) is 0 Å². The van der Waals surface area contributed by atoms with E-state index in [0.29, 0.717) is 19.6 Å². The zero-order valence-electron chi connectivity index (χ0n) is 16.1. The molecule has 0 bridgehead atoms. The minimum absolute atomic E-state index is 0.127. The van der Waals surface area contributed by atoms with E-state index >= 15 is 0 Å². The quantitative estimate of drug-likeness (QED) is 0.434. The van der Waals surface area contributed by atoms with E-state index in [1.54, 1.807) is 4.90 Å². The number of ether oxygens (including phenoxy) is 2. The SMILES string of the molecule is CC(C)(C)OC=O.NC(C(=O)OCc1ccccc1)C(=O)N1CCNCC1. The van der Waals surface area contributed by atoms with Crippen molar-refractivity contribution in [3.8, 4) is 0 Å². The number of esters is 1. The third-order valence-electron chi connectivity index (χ3n) is 3.57. The molecule has 8 heteroatoms. The molecule has 0 saturated carbocycles. The van der Waals surface area contributed by atoms with Gasteiger partial charge in [0.2, 0.25) is 0 Å². The summed E-state index contributed by atoms with van der Waals surface area (Å²) in [5.41, 5.74) is 6.22. The summed E-state index contributed by atoms with van der Waals surface area (Å²) in [7, 11) is 0. The van der Waals surface area contributed by atoms with Gasteiger partial charge in [0.05, 0.1) is 0 Å². The molecule has 1 aromatic carbocycles. The molecule has 27 heavy (non-hydrogen) atoms. The Hall–Kier alpha value is -2.45. The number of benzene rings is 1. The summed E-state index contributed by atoms with van der Waals surface area (Å²) in [6.45, 7) is 8.62. The summed E-state index contributed by atoms with van der Waals surface area (Å²) >= 11 is 0. The molecule has 1 unspecified atom stereocenters. The van der Waals surface area contributed by atoms with Crippen LogP contribution in [0.4, 0.5) is 0 Å². The van der Waals surface area contributed by atoms with Crippen LogP contribution in [0.2, 0.25) is 0 Å². The number of amides is 1. The number of nitrogens with zero attached hydrogens (tertiary/aromatic N) is 1. The number of nitrogens with one attached hydrogen (secondary N) is 1. The minimum Gasteiger partial charge on any atom is -0.462 e. The van der Waals surface area contributed by atoms with Crippen molar-refractivity contribution < 1.29 is 23.9 Å². The fraction of sp³-hybridized carbons (Fsp3) is 0.526. The van der Waals surface area contributed by atoms with Crippen molar-refractivity contribution in [1.82, 2.24) is 10.2 Å². The molecule has 1 aliphatic rings. The molecule has 1 atom stereocenters. The fourth-order valence-corrected chi connectivity index (χ4v) is 2.15. The molecular formula is C19H29N3O5. The Morgan fingerprint density at radius 1 is 1.22 bits per heavy atom. The van der Waals surface area contributed by atoms with Crippen LogP contribution < -0.4 is 11.1 Å². The van der Waals surface area contributed by atoms with Crippen LogP contribution in [0.5, 0.6) is 0 Å². The molecule has 3 N–H and O–H groups in total. The van der Waals surface area contributed by atoms with Gasteiger partial charge in [0.15, 0.2) is 6.04 Å². The first-order valence-electron chi connectivity index (χ1n) is 8.81. The molecule has 1 amide bonds. The second-order valence-electron chi connectivity index (χ2n) is 6.97. The molecule has 1 aliphatic heterocycles. The standard InChI is InChI=1S/C14H19N3O3.C5H10O2/c15-12(13(18)17-8-6-16-7-9-17)14(19)20-10-11-4-2-1-3-5-11;1-5(2,3)7-4-6/h1-5,12,16H,6-10,15H2;4H,1-3H3. The van der Waals surface area contributed by atoms with Crippen molar-refractivity contribution in [3.05, 3.63) is 35.9 Å². The molecule has 1 heterocycles. The lowest BCUT2D eigenvalue weighted by Gasteiger charge is -2.29. The highest BCUT2D eigenvalue weighted by molar-refractivity contribution is 6.01. The highest BCUT2D eigenvalue weighted by Gasteiger charge is 2.29. The Morgan fingerprint density at radius 3 is 2.30 bits per heavy atom. The van der Waals surface area contributed by atoms with Crippen LogP contribution in [0.1, 0.15) is 26.3 Å². The summed E-state index contributed by atoms with van der Waals surface area (Å²) in [5.74, 6) is -1.05. The smallest absolute Gasteiger partial charge is 0.333 e. The van der Waals surface area contributed by atoms with Crippen LogP contribution in [-0.4, -0.2) is 61.1 Å². The van der Waals surface area contributed by atoms with Gasteiger partial charge in [-0.3, -0.25) is 9.59 Å². The zero-order chi connectivity index (χ0) is 20.3. The lowest BCUT2D eigenvalue weighted by molar-refractivity contribution is -0.152. The lowest BCUT2D eigenvalue weighted by Crippen LogP contribution is -2.54. The van der Waals surface area contributed by atoms with Gasteiger partial charge in [0, 0.05) is 26.2 Å². The predicted octanol–water partition coefficient (Wildman–Crippen LogP) is 0.447. The first-order chi connectivity index (χ1) is 12.7. The second kappa shape index (κ2) is 11.3. The van der Waals surface area contributed by atoms with E-state index in [-0.39, 0.29) is 18.1 Å². The Bertz CT molecular complexity index is 595. The number of rotatable bonds is 5. The molecule has 150 valence electrons. The first kappa shape index (κ1) is 22.6. The largest absolute Gasteiger partial charge is 0.462 e. The number of nitrogens with two attached hydrogens (primary N) is 1. The normalized spacial score (nSPS) is 15.0. The first-order valence-corrected chi connectivity index (χ1v) is 8.81. The van der Waals surface area contributed by atoms with Crippen LogP contribution in [0.25, 0.3) is 0 Å². The predicted molar refractivity (Wildman–Crippen MR) is 101 cm³/mol. The zero-order valence-corrected chi connectivity index (χ0v) is 16.1. The molecule has 1 aromatic rings. The molecule has 2 rings (SSSR count). The number of hydrogen-bond donors (Lipinski definition) is 2. The maximum atomic E-state index is 12.0. The van der Waals surface area contributed by atoms with Crippen molar-refractivity contribution in [1.29, 1.82) is 0 Å². The van der Waals surface area contributed by atoms with Crippen LogP contribution >= 0.6 is 0 Å². The summed E-state index contributed by atoms with van der Waals surface area (Å²) in [4.78, 5) is 35.0. The average molecular weight is 379 g/mol. The maximum Gasteiger partial charge on any atom is 0.333 e.